The van der Waals surface area contributed by atoms with Crippen LogP contribution in [0.5, 0.6) is 0 Å². The SMILES string of the molecule is CCCCCO[P+](=O)CCCCC. The molecule has 0 rings (SSSR count). The van der Waals surface area contributed by atoms with Gasteiger partial charge < -0.3 is 0 Å². The summed E-state index contributed by atoms with van der Waals surface area (Å²) in [6.45, 7) is 4.98. The van der Waals surface area contributed by atoms with Gasteiger partial charge in [-0.15, -0.1) is 4.52 Å². The molecule has 0 spiro atoms. The summed E-state index contributed by atoms with van der Waals surface area (Å²) >= 11 is 0. The lowest BCUT2D eigenvalue weighted by molar-refractivity contribution is 0.317. The summed E-state index contributed by atoms with van der Waals surface area (Å²) in [5.41, 5.74) is 0. The van der Waals surface area contributed by atoms with E-state index >= 15 is 0 Å². The van der Waals surface area contributed by atoms with Crippen LogP contribution in [0.4, 0.5) is 0 Å². The van der Waals surface area contributed by atoms with Crippen molar-refractivity contribution in [1.29, 1.82) is 0 Å². The van der Waals surface area contributed by atoms with Gasteiger partial charge >= 0.3 is 8.03 Å². The smallest absolute Gasteiger partial charge is 0.146 e. The fourth-order valence-electron chi connectivity index (χ4n) is 1.07. The molecule has 0 aliphatic heterocycles. The van der Waals surface area contributed by atoms with Gasteiger partial charge in [0, 0.05) is 0 Å². The maximum atomic E-state index is 11.2. The summed E-state index contributed by atoms with van der Waals surface area (Å²) < 4.78 is 16.4. The Morgan fingerprint density at radius 3 is 2.23 bits per heavy atom. The largest absolute Gasteiger partial charge is 0.508 e. The van der Waals surface area contributed by atoms with Crippen molar-refractivity contribution in [3.05, 3.63) is 0 Å². The molecule has 0 aliphatic rings. The van der Waals surface area contributed by atoms with E-state index in [1.54, 1.807) is 0 Å². The second kappa shape index (κ2) is 10.1. The molecule has 0 radical (unpaired) electrons. The van der Waals surface area contributed by atoms with Crippen LogP contribution < -0.4 is 0 Å². The minimum atomic E-state index is -1.36. The third kappa shape index (κ3) is 9.98. The summed E-state index contributed by atoms with van der Waals surface area (Å²) in [7, 11) is -1.36. The second-order valence-corrected chi connectivity index (χ2v) is 4.67. The predicted molar refractivity (Wildman–Crippen MR) is 57.5 cm³/mol. The first-order valence-electron chi connectivity index (χ1n) is 5.38. The monoisotopic (exact) mass is 205 g/mol. The van der Waals surface area contributed by atoms with Gasteiger partial charge in [-0.2, -0.15) is 0 Å². The van der Waals surface area contributed by atoms with Gasteiger partial charge in [0.2, 0.25) is 0 Å². The predicted octanol–water partition coefficient (Wildman–Crippen LogP) is 4.13. The van der Waals surface area contributed by atoms with Crippen LogP contribution >= 0.6 is 8.03 Å². The zero-order chi connectivity index (χ0) is 9.94. The van der Waals surface area contributed by atoms with E-state index in [-0.39, 0.29) is 0 Å². The third-order valence-electron chi connectivity index (χ3n) is 1.93. The summed E-state index contributed by atoms with van der Waals surface area (Å²) in [5, 5.41) is 0. The van der Waals surface area contributed by atoms with Gasteiger partial charge in [0.15, 0.2) is 6.16 Å². The highest BCUT2D eigenvalue weighted by atomic mass is 31.1. The molecule has 0 N–H and O–H groups in total. The van der Waals surface area contributed by atoms with E-state index in [0.717, 1.165) is 19.0 Å². The molecule has 1 unspecified atom stereocenters. The minimum Gasteiger partial charge on any atom is -0.146 e. The Balaban J connectivity index is 3.11. The van der Waals surface area contributed by atoms with Gasteiger partial charge in [-0.05, 0) is 23.8 Å². The van der Waals surface area contributed by atoms with Crippen LogP contribution in [0.25, 0.3) is 0 Å². The normalized spacial score (nSPS) is 11.7. The number of rotatable bonds is 9. The van der Waals surface area contributed by atoms with E-state index in [0.29, 0.717) is 6.61 Å². The van der Waals surface area contributed by atoms with Crippen molar-refractivity contribution in [1.82, 2.24) is 0 Å². The Kier molecular flexibility index (Phi) is 10.2. The molecule has 0 saturated carbocycles. The molecular formula is C10H22O2P+. The van der Waals surface area contributed by atoms with Gasteiger partial charge in [-0.1, -0.05) is 33.1 Å². The lowest BCUT2D eigenvalue weighted by atomic mass is 10.3. The van der Waals surface area contributed by atoms with E-state index in [1.807, 2.05) is 0 Å². The molecule has 0 aromatic carbocycles. The average molecular weight is 205 g/mol. The Bertz CT molecular complexity index is 126. The van der Waals surface area contributed by atoms with Crippen LogP contribution in [0.3, 0.4) is 0 Å². The van der Waals surface area contributed by atoms with Gasteiger partial charge in [0.05, 0.1) is 0 Å². The first-order valence-corrected chi connectivity index (χ1v) is 6.75. The molecule has 2 nitrogen and oxygen atoms in total. The average Bonchev–Trinajstić information content (AvgIpc) is 2.13. The summed E-state index contributed by atoms with van der Waals surface area (Å²) in [6, 6.07) is 0. The molecule has 3 heteroatoms. The van der Waals surface area contributed by atoms with E-state index in [1.165, 1.54) is 25.7 Å². The number of hydrogen-bond donors (Lipinski definition) is 0. The molecular weight excluding hydrogens is 183 g/mol. The molecule has 1 atom stereocenters. The highest BCUT2D eigenvalue weighted by Crippen LogP contribution is 2.24. The summed E-state index contributed by atoms with van der Waals surface area (Å²) in [6.07, 6.45) is 7.55. The van der Waals surface area contributed by atoms with Gasteiger partial charge in [-0.25, -0.2) is 0 Å². The zero-order valence-corrected chi connectivity index (χ0v) is 9.81. The standard InChI is InChI=1S/C10H22O2P/c1-3-5-7-9-12-13(11)10-8-6-4-2/h3-10H2,1-2H3/q+1. The van der Waals surface area contributed by atoms with Crippen molar-refractivity contribution >= 4 is 8.03 Å². The Morgan fingerprint density at radius 1 is 1.00 bits per heavy atom. The topological polar surface area (TPSA) is 26.3 Å². The van der Waals surface area contributed by atoms with E-state index in [9.17, 15) is 4.57 Å². The Hall–Kier alpha value is 0.0600. The number of hydrogen-bond acceptors (Lipinski definition) is 2. The molecule has 0 aliphatic carbocycles. The molecule has 13 heavy (non-hydrogen) atoms. The summed E-state index contributed by atoms with van der Waals surface area (Å²) in [4.78, 5) is 0. The molecule has 0 aromatic rings. The minimum absolute atomic E-state index is 0.676. The molecule has 0 saturated heterocycles. The van der Waals surface area contributed by atoms with Crippen molar-refractivity contribution in [3.63, 3.8) is 0 Å². The van der Waals surface area contributed by atoms with Crippen LogP contribution in [0.2, 0.25) is 0 Å². The van der Waals surface area contributed by atoms with Crippen LogP contribution in [-0.2, 0) is 9.09 Å². The molecule has 0 aromatic heterocycles. The van der Waals surface area contributed by atoms with Crippen LogP contribution in [0.15, 0.2) is 0 Å². The highest BCUT2D eigenvalue weighted by molar-refractivity contribution is 7.39. The lowest BCUT2D eigenvalue weighted by Crippen LogP contribution is -1.89. The van der Waals surface area contributed by atoms with Crippen molar-refractivity contribution in [3.8, 4) is 0 Å². The molecule has 0 bridgehead atoms. The van der Waals surface area contributed by atoms with Crippen molar-refractivity contribution in [2.24, 2.45) is 0 Å². The first-order chi connectivity index (χ1) is 6.31. The lowest BCUT2D eigenvalue weighted by Gasteiger charge is -1.92. The van der Waals surface area contributed by atoms with Crippen LogP contribution in [0.1, 0.15) is 52.4 Å². The molecule has 0 fully saturated rings. The van der Waals surface area contributed by atoms with Crippen molar-refractivity contribution < 1.29 is 9.09 Å². The van der Waals surface area contributed by atoms with Gasteiger partial charge in [0.1, 0.15) is 6.61 Å². The zero-order valence-electron chi connectivity index (χ0n) is 8.92. The molecule has 0 heterocycles. The second-order valence-electron chi connectivity index (χ2n) is 3.30. The highest BCUT2D eigenvalue weighted by Gasteiger charge is 2.15. The molecule has 78 valence electrons. The van der Waals surface area contributed by atoms with Crippen molar-refractivity contribution in [2.45, 2.75) is 52.4 Å². The molecule has 0 amide bonds. The van der Waals surface area contributed by atoms with E-state index in [2.05, 4.69) is 13.8 Å². The fourth-order valence-corrected chi connectivity index (χ4v) is 2.02. The van der Waals surface area contributed by atoms with Crippen molar-refractivity contribution in [2.75, 3.05) is 12.8 Å². The quantitative estimate of drug-likeness (QED) is 0.418. The van der Waals surface area contributed by atoms with Gasteiger partial charge in [0.25, 0.3) is 0 Å². The third-order valence-corrected chi connectivity index (χ3v) is 3.08. The fraction of sp³-hybridized carbons (Fsp3) is 1.00. The van der Waals surface area contributed by atoms with Crippen LogP contribution in [0, 0.1) is 0 Å². The summed E-state index contributed by atoms with van der Waals surface area (Å²) in [5.74, 6) is 0. The Labute approximate surface area is 82.9 Å². The Morgan fingerprint density at radius 2 is 1.62 bits per heavy atom. The maximum Gasteiger partial charge on any atom is 0.508 e. The van der Waals surface area contributed by atoms with E-state index in [4.69, 9.17) is 4.52 Å². The van der Waals surface area contributed by atoms with E-state index < -0.39 is 8.03 Å². The van der Waals surface area contributed by atoms with Crippen LogP contribution in [-0.4, -0.2) is 12.8 Å². The number of unbranched alkanes of at least 4 members (excludes halogenated alkanes) is 4. The first kappa shape index (κ1) is 13.1. The van der Waals surface area contributed by atoms with Gasteiger partial charge in [-0.3, -0.25) is 0 Å². The maximum absolute atomic E-state index is 11.2.